The van der Waals surface area contributed by atoms with Crippen molar-refractivity contribution < 1.29 is 4.74 Å². The molecule has 1 aromatic heterocycles. The van der Waals surface area contributed by atoms with E-state index in [4.69, 9.17) is 4.74 Å². The minimum absolute atomic E-state index is 0.591. The smallest absolute Gasteiger partial charge is 0.142 e. The van der Waals surface area contributed by atoms with E-state index < -0.39 is 0 Å². The normalized spacial score (nSPS) is 11.1. The fraction of sp³-hybridized carbons (Fsp3) is 0.182. The Morgan fingerprint density at radius 3 is 2.72 bits per heavy atom. The highest BCUT2D eigenvalue weighted by atomic mass is 79.9. The van der Waals surface area contributed by atoms with E-state index in [0.717, 1.165) is 20.3 Å². The summed E-state index contributed by atoms with van der Waals surface area (Å²) in [6.07, 6.45) is 4.73. The number of aromatic nitrogens is 3. The van der Waals surface area contributed by atoms with Gasteiger partial charge >= 0.3 is 0 Å². The highest BCUT2D eigenvalue weighted by Crippen LogP contribution is 2.32. The lowest BCUT2D eigenvalue weighted by molar-refractivity contribution is 0.337. The van der Waals surface area contributed by atoms with Crippen LogP contribution in [0.15, 0.2) is 38.8 Å². The third-order valence-corrected chi connectivity index (χ3v) is 3.11. The maximum Gasteiger partial charge on any atom is 0.142 e. The number of hydrogen-bond donors (Lipinski definition) is 0. The summed E-state index contributed by atoms with van der Waals surface area (Å²) in [5.41, 5.74) is 0.867. The molecule has 1 aromatic carbocycles. The van der Waals surface area contributed by atoms with Crippen molar-refractivity contribution in [3.8, 4) is 5.75 Å². The second-order valence-corrected chi connectivity index (χ2v) is 5.10. The van der Waals surface area contributed by atoms with E-state index in [1.54, 1.807) is 6.21 Å². The van der Waals surface area contributed by atoms with Crippen LogP contribution in [0.3, 0.4) is 0 Å². The van der Waals surface area contributed by atoms with Gasteiger partial charge in [0.25, 0.3) is 0 Å². The van der Waals surface area contributed by atoms with Gasteiger partial charge < -0.3 is 4.74 Å². The summed E-state index contributed by atoms with van der Waals surface area (Å²) < 4.78 is 8.94. The maximum absolute atomic E-state index is 5.59. The largest absolute Gasteiger partial charge is 0.492 e. The van der Waals surface area contributed by atoms with Crippen molar-refractivity contribution in [2.75, 3.05) is 6.61 Å². The standard InChI is InChI=1S/C11H10Br2N4O/c1-2-18-11-8(3-9(12)4-10(11)13)5-16-17-6-14-15-7-17/h3-7H,2H2,1H3. The number of rotatable bonds is 4. The molecule has 0 saturated carbocycles. The van der Waals surface area contributed by atoms with Gasteiger partial charge in [-0.2, -0.15) is 5.10 Å². The monoisotopic (exact) mass is 372 g/mol. The highest BCUT2D eigenvalue weighted by Gasteiger charge is 2.08. The highest BCUT2D eigenvalue weighted by molar-refractivity contribution is 9.11. The van der Waals surface area contributed by atoms with Crippen molar-refractivity contribution in [1.82, 2.24) is 14.9 Å². The summed E-state index contributed by atoms with van der Waals surface area (Å²) >= 11 is 6.91. The zero-order valence-corrected chi connectivity index (χ0v) is 12.7. The summed E-state index contributed by atoms with van der Waals surface area (Å²) in [4.78, 5) is 0. The van der Waals surface area contributed by atoms with E-state index in [0.29, 0.717) is 6.61 Å². The summed E-state index contributed by atoms with van der Waals surface area (Å²) in [6.45, 7) is 2.53. The third-order valence-electron chi connectivity index (χ3n) is 2.06. The van der Waals surface area contributed by atoms with Gasteiger partial charge in [0.15, 0.2) is 0 Å². The molecule has 0 radical (unpaired) electrons. The van der Waals surface area contributed by atoms with E-state index in [1.807, 2.05) is 19.1 Å². The molecule has 0 aliphatic carbocycles. The second-order valence-electron chi connectivity index (χ2n) is 3.33. The molecule has 2 rings (SSSR count). The van der Waals surface area contributed by atoms with Crippen LogP contribution in [0, 0.1) is 0 Å². The molecule has 94 valence electrons. The fourth-order valence-electron chi connectivity index (χ4n) is 1.36. The Balaban J connectivity index is 2.36. The zero-order valence-electron chi connectivity index (χ0n) is 9.55. The Morgan fingerprint density at radius 1 is 1.33 bits per heavy atom. The van der Waals surface area contributed by atoms with Crippen LogP contribution in [0.25, 0.3) is 0 Å². The molecule has 0 aliphatic heterocycles. The van der Waals surface area contributed by atoms with Gasteiger partial charge in [-0.05, 0) is 35.0 Å². The molecule has 0 bridgehead atoms. The minimum Gasteiger partial charge on any atom is -0.492 e. The van der Waals surface area contributed by atoms with Gasteiger partial charge in [0.1, 0.15) is 18.4 Å². The first-order valence-corrected chi connectivity index (χ1v) is 6.80. The molecule has 5 nitrogen and oxygen atoms in total. The quantitative estimate of drug-likeness (QED) is 0.774. The number of nitrogens with zero attached hydrogens (tertiary/aromatic N) is 4. The van der Waals surface area contributed by atoms with Crippen LogP contribution in [-0.2, 0) is 0 Å². The number of benzene rings is 1. The van der Waals surface area contributed by atoms with Crippen LogP contribution >= 0.6 is 31.9 Å². The second kappa shape index (κ2) is 6.10. The average Bonchev–Trinajstić information content (AvgIpc) is 2.83. The molecule has 0 unspecified atom stereocenters. The fourth-order valence-corrected chi connectivity index (χ4v) is 2.73. The van der Waals surface area contributed by atoms with Crippen LogP contribution in [-0.4, -0.2) is 27.7 Å². The molecule has 0 spiro atoms. The van der Waals surface area contributed by atoms with E-state index in [-0.39, 0.29) is 0 Å². The zero-order chi connectivity index (χ0) is 13.0. The lowest BCUT2D eigenvalue weighted by atomic mass is 10.2. The van der Waals surface area contributed by atoms with E-state index in [1.165, 1.54) is 17.3 Å². The van der Waals surface area contributed by atoms with Crippen LogP contribution in [0.4, 0.5) is 0 Å². The lowest BCUT2D eigenvalue weighted by Gasteiger charge is -2.09. The Kier molecular flexibility index (Phi) is 4.48. The van der Waals surface area contributed by atoms with Crippen LogP contribution < -0.4 is 4.74 Å². The van der Waals surface area contributed by atoms with Gasteiger partial charge in [-0.15, -0.1) is 10.2 Å². The van der Waals surface area contributed by atoms with Crippen molar-refractivity contribution in [2.45, 2.75) is 6.92 Å². The SMILES string of the molecule is CCOc1c(Br)cc(Br)cc1C=Nn1cnnc1. The summed E-state index contributed by atoms with van der Waals surface area (Å²) in [7, 11) is 0. The maximum atomic E-state index is 5.59. The number of halogens is 2. The van der Waals surface area contributed by atoms with Crippen molar-refractivity contribution in [1.29, 1.82) is 0 Å². The van der Waals surface area contributed by atoms with Gasteiger partial charge in [-0.3, -0.25) is 0 Å². The first-order valence-electron chi connectivity index (χ1n) is 5.21. The molecule has 0 amide bonds. The van der Waals surface area contributed by atoms with Crippen LogP contribution in [0.1, 0.15) is 12.5 Å². The van der Waals surface area contributed by atoms with Crippen molar-refractivity contribution >= 4 is 38.1 Å². The molecule has 0 atom stereocenters. The number of hydrogen-bond acceptors (Lipinski definition) is 4. The predicted octanol–water partition coefficient (Wildman–Crippen LogP) is 3.08. The van der Waals surface area contributed by atoms with Gasteiger partial charge in [0.2, 0.25) is 0 Å². The van der Waals surface area contributed by atoms with Gasteiger partial charge in [-0.1, -0.05) is 15.9 Å². The summed E-state index contributed by atoms with van der Waals surface area (Å²) in [5, 5.41) is 11.6. The van der Waals surface area contributed by atoms with Crippen LogP contribution in [0.2, 0.25) is 0 Å². The Labute approximate surface area is 121 Å². The first kappa shape index (κ1) is 13.2. The molecule has 0 aliphatic rings. The van der Waals surface area contributed by atoms with Crippen LogP contribution in [0.5, 0.6) is 5.75 Å². The molecule has 0 saturated heterocycles. The van der Waals surface area contributed by atoms with Crippen molar-refractivity contribution in [2.24, 2.45) is 5.10 Å². The first-order chi connectivity index (χ1) is 8.70. The van der Waals surface area contributed by atoms with Crippen molar-refractivity contribution in [3.63, 3.8) is 0 Å². The molecule has 0 fully saturated rings. The lowest BCUT2D eigenvalue weighted by Crippen LogP contribution is -1.98. The molecule has 18 heavy (non-hydrogen) atoms. The molecule has 0 N–H and O–H groups in total. The average molecular weight is 374 g/mol. The van der Waals surface area contributed by atoms with E-state index >= 15 is 0 Å². The Hall–Kier alpha value is -1.21. The molecular weight excluding hydrogens is 364 g/mol. The number of ether oxygens (including phenoxy) is 1. The Bertz CT molecular complexity index is 554. The molecule has 7 heteroatoms. The van der Waals surface area contributed by atoms with Gasteiger partial charge in [0.05, 0.1) is 17.3 Å². The molecular formula is C11H10Br2N4O. The van der Waals surface area contributed by atoms with Gasteiger partial charge in [-0.25, -0.2) is 4.68 Å². The summed E-state index contributed by atoms with van der Waals surface area (Å²) in [5.74, 6) is 0.762. The third kappa shape index (κ3) is 3.17. The minimum atomic E-state index is 0.591. The predicted molar refractivity (Wildman–Crippen MR) is 76.0 cm³/mol. The molecule has 2 aromatic rings. The van der Waals surface area contributed by atoms with E-state index in [9.17, 15) is 0 Å². The summed E-state index contributed by atoms with van der Waals surface area (Å²) in [6, 6.07) is 3.87. The van der Waals surface area contributed by atoms with Gasteiger partial charge in [0, 0.05) is 10.0 Å². The molecule has 1 heterocycles. The van der Waals surface area contributed by atoms with Crippen molar-refractivity contribution in [3.05, 3.63) is 39.3 Å². The topological polar surface area (TPSA) is 52.3 Å². The van der Waals surface area contributed by atoms with E-state index in [2.05, 4.69) is 47.2 Å². The Morgan fingerprint density at radius 2 is 2.06 bits per heavy atom.